The Labute approximate surface area is 151 Å². The quantitative estimate of drug-likeness (QED) is 0.553. The van der Waals surface area contributed by atoms with Crippen LogP contribution in [-0.2, 0) is 33.3 Å². The van der Waals surface area contributed by atoms with E-state index in [0.29, 0.717) is 11.3 Å². The van der Waals surface area contributed by atoms with Gasteiger partial charge in [-0.25, -0.2) is 0 Å². The van der Waals surface area contributed by atoms with Crippen LogP contribution in [0.5, 0.6) is 5.75 Å². The van der Waals surface area contributed by atoms with Crippen LogP contribution in [0.25, 0.3) is 0 Å². The van der Waals surface area contributed by atoms with Crippen molar-refractivity contribution >= 4 is 17.9 Å². The Bertz CT molecular complexity index is 654. The minimum atomic E-state index is -0.900. The normalized spacial score (nSPS) is 24.6. The molecule has 1 aromatic carbocycles. The van der Waals surface area contributed by atoms with E-state index in [-0.39, 0.29) is 6.61 Å². The summed E-state index contributed by atoms with van der Waals surface area (Å²) in [6.07, 6.45) is -3.22. The Kier molecular flexibility index (Phi) is 6.57. The molecule has 1 aliphatic heterocycles. The van der Waals surface area contributed by atoms with Crippen LogP contribution >= 0.6 is 0 Å². The predicted octanol–water partition coefficient (Wildman–Crippen LogP) is 1.56. The van der Waals surface area contributed by atoms with Crippen molar-refractivity contribution in [1.29, 1.82) is 0 Å². The van der Waals surface area contributed by atoms with Crippen LogP contribution < -0.4 is 4.74 Å². The number of benzene rings is 1. The maximum Gasteiger partial charge on any atom is 0.303 e. The molecule has 0 spiro atoms. The third-order valence-electron chi connectivity index (χ3n) is 3.81. The molecule has 0 bridgehead atoms. The molecule has 142 valence electrons. The molecule has 0 aliphatic carbocycles. The van der Waals surface area contributed by atoms with E-state index in [1.165, 1.54) is 20.8 Å². The van der Waals surface area contributed by atoms with E-state index in [9.17, 15) is 14.4 Å². The molecule has 1 heterocycles. The molecule has 1 fully saturated rings. The average Bonchev–Trinajstić information content (AvgIpc) is 2.89. The highest BCUT2D eigenvalue weighted by Crippen LogP contribution is 2.38. The maximum atomic E-state index is 11.6. The average molecular weight is 366 g/mol. The van der Waals surface area contributed by atoms with Crippen LogP contribution in [0.1, 0.15) is 32.4 Å². The Morgan fingerprint density at radius 3 is 2.00 bits per heavy atom. The van der Waals surface area contributed by atoms with Crippen LogP contribution in [0.2, 0.25) is 0 Å². The third kappa shape index (κ3) is 4.95. The van der Waals surface area contributed by atoms with E-state index in [1.54, 1.807) is 31.4 Å². The van der Waals surface area contributed by atoms with Crippen molar-refractivity contribution in [2.24, 2.45) is 0 Å². The van der Waals surface area contributed by atoms with Gasteiger partial charge in [-0.15, -0.1) is 0 Å². The molecule has 0 N–H and O–H groups in total. The van der Waals surface area contributed by atoms with E-state index in [1.807, 2.05) is 0 Å². The number of rotatable bonds is 6. The molecule has 0 amide bonds. The Morgan fingerprint density at radius 1 is 0.923 bits per heavy atom. The Balaban J connectivity index is 2.31. The van der Waals surface area contributed by atoms with Gasteiger partial charge >= 0.3 is 17.9 Å². The first-order valence-corrected chi connectivity index (χ1v) is 8.09. The molecule has 2 rings (SSSR count). The second-order valence-corrected chi connectivity index (χ2v) is 5.82. The first-order valence-electron chi connectivity index (χ1n) is 8.09. The maximum absolute atomic E-state index is 11.6. The number of carbonyl (C=O) groups is 3. The SMILES string of the molecule is COc1ccc([C@@H]2O[C@H](COC(C)=O)[C@@H](OC(C)=O)[C@H]2OC(C)=O)cc1. The second kappa shape index (κ2) is 8.66. The summed E-state index contributed by atoms with van der Waals surface area (Å²) in [5.41, 5.74) is 0.708. The van der Waals surface area contributed by atoms with Gasteiger partial charge in [-0.1, -0.05) is 12.1 Å². The highest BCUT2D eigenvalue weighted by atomic mass is 16.6. The molecular formula is C18H22O8. The first-order chi connectivity index (χ1) is 12.3. The van der Waals surface area contributed by atoms with E-state index in [0.717, 1.165) is 0 Å². The van der Waals surface area contributed by atoms with Gasteiger partial charge in [0.1, 0.15) is 24.6 Å². The molecular weight excluding hydrogens is 344 g/mol. The minimum Gasteiger partial charge on any atom is -0.497 e. The lowest BCUT2D eigenvalue weighted by Crippen LogP contribution is -2.40. The fraction of sp³-hybridized carbons (Fsp3) is 0.500. The summed E-state index contributed by atoms with van der Waals surface area (Å²) in [5, 5.41) is 0. The van der Waals surface area contributed by atoms with E-state index in [4.69, 9.17) is 23.7 Å². The topological polar surface area (TPSA) is 97.4 Å². The lowest BCUT2D eigenvalue weighted by Gasteiger charge is -2.23. The zero-order chi connectivity index (χ0) is 19.3. The van der Waals surface area contributed by atoms with Crippen molar-refractivity contribution in [1.82, 2.24) is 0 Å². The molecule has 0 aromatic heterocycles. The summed E-state index contributed by atoms with van der Waals surface area (Å²) in [7, 11) is 1.55. The zero-order valence-corrected chi connectivity index (χ0v) is 15.1. The molecule has 1 aliphatic rings. The number of hydrogen-bond acceptors (Lipinski definition) is 8. The van der Waals surface area contributed by atoms with Gasteiger partial charge in [-0.3, -0.25) is 14.4 Å². The molecule has 8 heteroatoms. The molecule has 8 nitrogen and oxygen atoms in total. The predicted molar refractivity (Wildman–Crippen MR) is 88.3 cm³/mol. The lowest BCUT2D eigenvalue weighted by molar-refractivity contribution is -0.165. The van der Waals surface area contributed by atoms with Crippen molar-refractivity contribution in [3.63, 3.8) is 0 Å². The highest BCUT2D eigenvalue weighted by Gasteiger charge is 2.50. The van der Waals surface area contributed by atoms with Crippen LogP contribution in [0, 0.1) is 0 Å². The van der Waals surface area contributed by atoms with Crippen molar-refractivity contribution in [2.45, 2.75) is 45.2 Å². The molecule has 1 saturated heterocycles. The van der Waals surface area contributed by atoms with Gasteiger partial charge in [-0.05, 0) is 17.7 Å². The summed E-state index contributed by atoms with van der Waals surface area (Å²) < 4.78 is 26.7. The standard InChI is InChI=1S/C18H22O8/c1-10(19)23-9-15-17(24-11(2)20)18(25-12(3)21)16(26-15)13-5-7-14(22-4)8-6-13/h5-8,15-18H,9H2,1-4H3/t15-,16+,17-,18+/m1/s1. The number of hydrogen-bond donors (Lipinski definition) is 0. The Morgan fingerprint density at radius 2 is 1.50 bits per heavy atom. The van der Waals surface area contributed by atoms with Crippen molar-refractivity contribution in [3.8, 4) is 5.75 Å². The second-order valence-electron chi connectivity index (χ2n) is 5.82. The van der Waals surface area contributed by atoms with Gasteiger partial charge in [0.15, 0.2) is 12.2 Å². The van der Waals surface area contributed by atoms with E-state index >= 15 is 0 Å². The van der Waals surface area contributed by atoms with Gasteiger partial charge in [0, 0.05) is 20.8 Å². The molecule has 0 unspecified atom stereocenters. The fourth-order valence-corrected chi connectivity index (χ4v) is 2.78. The van der Waals surface area contributed by atoms with Crippen molar-refractivity contribution in [2.75, 3.05) is 13.7 Å². The third-order valence-corrected chi connectivity index (χ3v) is 3.81. The molecule has 4 atom stereocenters. The van der Waals surface area contributed by atoms with E-state index < -0.39 is 42.3 Å². The van der Waals surface area contributed by atoms with Gasteiger partial charge < -0.3 is 23.7 Å². The van der Waals surface area contributed by atoms with Crippen LogP contribution in [0.15, 0.2) is 24.3 Å². The lowest BCUT2D eigenvalue weighted by atomic mass is 10.0. The number of ether oxygens (including phenoxy) is 5. The highest BCUT2D eigenvalue weighted by molar-refractivity contribution is 5.68. The van der Waals surface area contributed by atoms with Gasteiger partial charge in [0.25, 0.3) is 0 Å². The number of esters is 3. The van der Waals surface area contributed by atoms with Crippen LogP contribution in [0.4, 0.5) is 0 Å². The summed E-state index contributed by atoms with van der Waals surface area (Å²) in [4.78, 5) is 34.2. The van der Waals surface area contributed by atoms with Gasteiger partial charge in [0.2, 0.25) is 0 Å². The number of methoxy groups -OCH3 is 1. The first kappa shape index (κ1) is 19.7. The monoisotopic (exact) mass is 366 g/mol. The molecule has 26 heavy (non-hydrogen) atoms. The number of carbonyl (C=O) groups excluding carboxylic acids is 3. The summed E-state index contributed by atoms with van der Waals surface area (Å²) >= 11 is 0. The molecule has 0 saturated carbocycles. The van der Waals surface area contributed by atoms with Crippen LogP contribution in [0.3, 0.4) is 0 Å². The fourth-order valence-electron chi connectivity index (χ4n) is 2.78. The molecule has 0 radical (unpaired) electrons. The summed E-state index contributed by atoms with van der Waals surface area (Å²) in [6, 6.07) is 7.01. The largest absolute Gasteiger partial charge is 0.497 e. The molecule has 1 aromatic rings. The van der Waals surface area contributed by atoms with Crippen molar-refractivity contribution < 1.29 is 38.1 Å². The smallest absolute Gasteiger partial charge is 0.303 e. The van der Waals surface area contributed by atoms with Gasteiger partial charge in [0.05, 0.1) is 7.11 Å². The Hall–Kier alpha value is -2.61. The van der Waals surface area contributed by atoms with E-state index in [2.05, 4.69) is 0 Å². The zero-order valence-electron chi connectivity index (χ0n) is 15.1. The van der Waals surface area contributed by atoms with Crippen molar-refractivity contribution in [3.05, 3.63) is 29.8 Å². The summed E-state index contributed by atoms with van der Waals surface area (Å²) in [6.45, 7) is 3.64. The van der Waals surface area contributed by atoms with Crippen LogP contribution in [-0.4, -0.2) is 49.9 Å². The minimum absolute atomic E-state index is 0.127. The van der Waals surface area contributed by atoms with Gasteiger partial charge in [-0.2, -0.15) is 0 Å². The summed E-state index contributed by atoms with van der Waals surface area (Å²) in [5.74, 6) is -0.933.